The lowest BCUT2D eigenvalue weighted by Crippen LogP contribution is -2.39. The van der Waals surface area contributed by atoms with Crippen LogP contribution < -0.4 is 0 Å². The number of alkyl halides is 3. The molecule has 1 amide bonds. The van der Waals surface area contributed by atoms with Crippen molar-refractivity contribution in [2.45, 2.75) is 24.9 Å². The number of pyridine rings is 1. The smallest absolute Gasteiger partial charge is 0.338 e. The quantitative estimate of drug-likeness (QED) is 0.903. The second-order valence-electron chi connectivity index (χ2n) is 5.81. The summed E-state index contributed by atoms with van der Waals surface area (Å²) in [4.78, 5) is 24.1. The normalized spacial score (nSPS) is 18.0. The molecule has 2 aromatic rings. The molecule has 25 heavy (non-hydrogen) atoms. The van der Waals surface area contributed by atoms with Gasteiger partial charge in [-0.3, -0.25) is 4.79 Å². The molecule has 1 fully saturated rings. The van der Waals surface area contributed by atoms with E-state index in [1.165, 1.54) is 18.3 Å². The van der Waals surface area contributed by atoms with Crippen LogP contribution in [-0.4, -0.2) is 38.8 Å². The molecule has 3 heterocycles. The minimum atomic E-state index is -4.47. The fraction of sp³-hybridized carbons (Fsp3) is 0.375. The maximum atomic E-state index is 12.7. The first-order valence-corrected chi connectivity index (χ1v) is 7.66. The Morgan fingerprint density at radius 3 is 2.88 bits per heavy atom. The van der Waals surface area contributed by atoms with E-state index in [9.17, 15) is 18.0 Å². The van der Waals surface area contributed by atoms with Gasteiger partial charge in [-0.1, -0.05) is 0 Å². The molecule has 1 saturated heterocycles. The molecule has 0 aliphatic carbocycles. The first kappa shape index (κ1) is 17.0. The molecule has 3 rings (SSSR count). The van der Waals surface area contributed by atoms with Gasteiger partial charge in [-0.15, -0.1) is 0 Å². The molecule has 0 bridgehead atoms. The Balaban J connectivity index is 1.75. The Morgan fingerprint density at radius 1 is 1.40 bits per heavy atom. The molecule has 2 aromatic heterocycles. The number of aromatic nitrogens is 3. The number of H-pyrrole nitrogens is 1. The highest BCUT2D eigenvalue weighted by Crippen LogP contribution is 2.31. The predicted octanol–water partition coefficient (Wildman–Crippen LogP) is 2.71. The van der Waals surface area contributed by atoms with Crippen molar-refractivity contribution >= 4 is 5.91 Å². The summed E-state index contributed by atoms with van der Waals surface area (Å²) in [6.07, 6.45) is -1.00. The minimum Gasteiger partial charge on any atom is -0.338 e. The van der Waals surface area contributed by atoms with Crippen LogP contribution in [0, 0.1) is 11.3 Å². The number of piperidine rings is 1. The van der Waals surface area contributed by atoms with Gasteiger partial charge in [-0.05, 0) is 25.0 Å². The predicted molar refractivity (Wildman–Crippen MR) is 80.4 cm³/mol. The molecule has 1 atom stereocenters. The van der Waals surface area contributed by atoms with Crippen LogP contribution in [0.3, 0.4) is 0 Å². The summed E-state index contributed by atoms with van der Waals surface area (Å²) < 4.78 is 38.1. The third-order valence-electron chi connectivity index (χ3n) is 4.12. The van der Waals surface area contributed by atoms with E-state index in [0.29, 0.717) is 24.9 Å². The van der Waals surface area contributed by atoms with Gasteiger partial charge in [0, 0.05) is 30.8 Å². The third-order valence-corrected chi connectivity index (χ3v) is 4.12. The second-order valence-corrected chi connectivity index (χ2v) is 5.81. The van der Waals surface area contributed by atoms with Gasteiger partial charge in [-0.2, -0.15) is 18.4 Å². The largest absolute Gasteiger partial charge is 0.432 e. The Bertz CT molecular complexity index is 824. The maximum Gasteiger partial charge on any atom is 0.432 e. The van der Waals surface area contributed by atoms with E-state index in [-0.39, 0.29) is 29.9 Å². The van der Waals surface area contributed by atoms with E-state index in [4.69, 9.17) is 5.26 Å². The number of nitriles is 1. The lowest BCUT2D eigenvalue weighted by Gasteiger charge is -2.32. The van der Waals surface area contributed by atoms with Gasteiger partial charge in [0.15, 0.2) is 0 Å². The number of carbonyl (C=O) groups excluding carboxylic acids is 1. The zero-order valence-corrected chi connectivity index (χ0v) is 13.0. The first-order chi connectivity index (χ1) is 11.9. The summed E-state index contributed by atoms with van der Waals surface area (Å²) in [5, 5.41) is 8.87. The van der Waals surface area contributed by atoms with Gasteiger partial charge < -0.3 is 9.88 Å². The van der Waals surface area contributed by atoms with E-state index in [2.05, 4.69) is 15.0 Å². The molecule has 6 nitrogen and oxygen atoms in total. The van der Waals surface area contributed by atoms with Gasteiger partial charge >= 0.3 is 6.18 Å². The van der Waals surface area contributed by atoms with Crippen molar-refractivity contribution in [3.8, 4) is 6.07 Å². The number of hydrogen-bond donors (Lipinski definition) is 1. The number of halogens is 3. The highest BCUT2D eigenvalue weighted by Gasteiger charge is 2.35. The number of likely N-dealkylation sites (tertiary alicyclic amines) is 1. The highest BCUT2D eigenvalue weighted by atomic mass is 19.4. The summed E-state index contributed by atoms with van der Waals surface area (Å²) in [5.41, 5.74) is -0.415. The molecule has 9 heteroatoms. The van der Waals surface area contributed by atoms with Crippen LogP contribution in [0.15, 0.2) is 24.5 Å². The zero-order valence-electron chi connectivity index (χ0n) is 13.0. The molecule has 1 aliphatic rings. The highest BCUT2D eigenvalue weighted by molar-refractivity contribution is 5.94. The van der Waals surface area contributed by atoms with E-state index in [1.807, 2.05) is 6.07 Å². The van der Waals surface area contributed by atoms with Gasteiger partial charge in [-0.25, -0.2) is 9.97 Å². The molecule has 1 N–H and O–H groups in total. The minimum absolute atomic E-state index is 0.139. The van der Waals surface area contributed by atoms with Crippen LogP contribution in [0.5, 0.6) is 0 Å². The van der Waals surface area contributed by atoms with Crippen LogP contribution in [0.2, 0.25) is 0 Å². The fourth-order valence-electron chi connectivity index (χ4n) is 2.88. The summed E-state index contributed by atoms with van der Waals surface area (Å²) in [6.45, 7) is 0.778. The fourth-order valence-corrected chi connectivity index (χ4v) is 2.88. The van der Waals surface area contributed by atoms with E-state index < -0.39 is 11.9 Å². The third kappa shape index (κ3) is 3.63. The van der Waals surface area contributed by atoms with E-state index in [0.717, 1.165) is 6.20 Å². The molecular weight excluding hydrogens is 335 g/mol. The van der Waals surface area contributed by atoms with Gasteiger partial charge in [0.25, 0.3) is 5.91 Å². The molecule has 0 radical (unpaired) electrons. The summed E-state index contributed by atoms with van der Waals surface area (Å²) >= 11 is 0. The topological polar surface area (TPSA) is 85.7 Å². The Kier molecular flexibility index (Phi) is 4.44. The average Bonchev–Trinajstić information content (AvgIpc) is 3.12. The number of carbonyl (C=O) groups is 1. The number of amides is 1. The molecule has 130 valence electrons. The van der Waals surface area contributed by atoms with Crippen molar-refractivity contribution in [2.24, 2.45) is 0 Å². The summed E-state index contributed by atoms with van der Waals surface area (Å²) in [7, 11) is 0. The van der Waals surface area contributed by atoms with Crippen LogP contribution >= 0.6 is 0 Å². The van der Waals surface area contributed by atoms with Gasteiger partial charge in [0.05, 0.1) is 6.20 Å². The van der Waals surface area contributed by atoms with Crippen molar-refractivity contribution in [1.29, 1.82) is 5.26 Å². The van der Waals surface area contributed by atoms with Crippen molar-refractivity contribution in [3.63, 3.8) is 0 Å². The maximum absolute atomic E-state index is 12.7. The Morgan fingerprint density at radius 2 is 2.20 bits per heavy atom. The van der Waals surface area contributed by atoms with Crippen LogP contribution in [0.25, 0.3) is 0 Å². The molecule has 1 aliphatic heterocycles. The monoisotopic (exact) mass is 349 g/mol. The lowest BCUT2D eigenvalue weighted by molar-refractivity contribution is -0.141. The van der Waals surface area contributed by atoms with Gasteiger partial charge in [0.1, 0.15) is 23.3 Å². The average molecular weight is 349 g/mol. The van der Waals surface area contributed by atoms with Gasteiger partial charge in [0.2, 0.25) is 0 Å². The number of rotatable bonds is 2. The lowest BCUT2D eigenvalue weighted by atomic mass is 9.96. The number of hydrogen-bond acceptors (Lipinski definition) is 4. The Labute approximate surface area is 141 Å². The van der Waals surface area contributed by atoms with Crippen LogP contribution in [0.1, 0.15) is 46.3 Å². The number of aromatic amines is 1. The van der Waals surface area contributed by atoms with Crippen LogP contribution in [0.4, 0.5) is 13.2 Å². The zero-order chi connectivity index (χ0) is 18.0. The van der Waals surface area contributed by atoms with Crippen LogP contribution in [-0.2, 0) is 6.18 Å². The number of nitrogens with zero attached hydrogens (tertiary/aromatic N) is 4. The van der Waals surface area contributed by atoms with Crippen molar-refractivity contribution in [1.82, 2.24) is 19.9 Å². The second kappa shape index (κ2) is 6.55. The molecular formula is C16H14F3N5O. The summed E-state index contributed by atoms with van der Waals surface area (Å²) in [6, 6.07) is 4.79. The van der Waals surface area contributed by atoms with Crippen molar-refractivity contribution < 1.29 is 18.0 Å². The Hall–Kier alpha value is -2.89. The van der Waals surface area contributed by atoms with E-state index >= 15 is 0 Å². The number of imidazole rings is 1. The molecule has 0 spiro atoms. The SMILES string of the molecule is N#Cc1cc(C(=O)N2CCCC(c3ncc(C(F)(F)F)[nH]3)C2)ccn1. The van der Waals surface area contributed by atoms with E-state index in [1.54, 1.807) is 4.90 Å². The van der Waals surface area contributed by atoms with Crippen molar-refractivity contribution in [3.05, 3.63) is 47.3 Å². The number of nitrogens with one attached hydrogen (secondary N) is 1. The standard InChI is InChI=1S/C16H14F3N5O/c17-16(18,19)13-8-22-14(23-13)11-2-1-5-24(9-11)15(25)10-3-4-21-12(6-10)7-20/h3-4,6,8,11H,1-2,5,9H2,(H,22,23). The molecule has 0 saturated carbocycles. The molecule has 1 unspecified atom stereocenters. The summed E-state index contributed by atoms with van der Waals surface area (Å²) in [5.74, 6) is -0.324. The van der Waals surface area contributed by atoms with Crippen molar-refractivity contribution in [2.75, 3.05) is 13.1 Å². The molecule has 0 aromatic carbocycles. The first-order valence-electron chi connectivity index (χ1n) is 7.66.